The number of nitrogens with zero attached hydrogens (tertiary/aromatic N) is 1. The van der Waals surface area contributed by atoms with E-state index >= 15 is 0 Å². The van der Waals surface area contributed by atoms with Gasteiger partial charge in [0.15, 0.2) is 5.75 Å². The molecule has 24 heavy (non-hydrogen) atoms. The number of rotatable bonds is 9. The Hall–Kier alpha value is -1.80. The standard InChI is InChI=1S/C16H23N3O4S/c1-23-15-3-2-13(8-14(15)19(21)22)10-24-11-16(20)18-7-5-12-4-6-17-9-12/h2-3,8,12,17H,4-7,9-11H2,1H3,(H,18,20). The fourth-order valence-corrected chi connectivity index (χ4v) is 3.46. The van der Waals surface area contributed by atoms with Crippen LogP contribution in [0.2, 0.25) is 0 Å². The Morgan fingerprint density at radius 2 is 2.38 bits per heavy atom. The number of methoxy groups -OCH3 is 1. The first-order chi connectivity index (χ1) is 11.6. The molecule has 8 heteroatoms. The van der Waals surface area contributed by atoms with Crippen LogP contribution in [-0.2, 0) is 10.5 Å². The molecule has 1 atom stereocenters. The van der Waals surface area contributed by atoms with Gasteiger partial charge in [0.25, 0.3) is 0 Å². The quantitative estimate of drug-likeness (QED) is 0.521. The van der Waals surface area contributed by atoms with Gasteiger partial charge in [0, 0.05) is 18.4 Å². The maximum atomic E-state index is 11.8. The summed E-state index contributed by atoms with van der Waals surface area (Å²) in [7, 11) is 1.41. The first-order valence-corrected chi connectivity index (χ1v) is 9.12. The molecule has 1 heterocycles. The molecular formula is C16H23N3O4S. The van der Waals surface area contributed by atoms with E-state index in [1.165, 1.54) is 31.4 Å². The van der Waals surface area contributed by atoms with Gasteiger partial charge in [0.2, 0.25) is 5.91 Å². The fraction of sp³-hybridized carbons (Fsp3) is 0.562. The van der Waals surface area contributed by atoms with Crippen molar-refractivity contribution in [2.24, 2.45) is 5.92 Å². The first-order valence-electron chi connectivity index (χ1n) is 7.96. The third-order valence-corrected chi connectivity index (χ3v) is 4.98. The average molecular weight is 353 g/mol. The number of amides is 1. The van der Waals surface area contributed by atoms with Crippen molar-refractivity contribution in [2.75, 3.05) is 32.5 Å². The zero-order valence-electron chi connectivity index (χ0n) is 13.7. The van der Waals surface area contributed by atoms with E-state index in [0.717, 1.165) is 25.1 Å². The van der Waals surface area contributed by atoms with E-state index in [1.54, 1.807) is 12.1 Å². The number of hydrogen-bond acceptors (Lipinski definition) is 6. The SMILES string of the molecule is COc1ccc(CSCC(=O)NCCC2CCNC2)cc1[N+](=O)[O-]. The Labute approximate surface area is 145 Å². The molecule has 0 saturated carbocycles. The van der Waals surface area contributed by atoms with Gasteiger partial charge in [-0.2, -0.15) is 0 Å². The van der Waals surface area contributed by atoms with E-state index in [4.69, 9.17) is 4.74 Å². The van der Waals surface area contributed by atoms with E-state index in [0.29, 0.717) is 24.0 Å². The molecule has 1 saturated heterocycles. The predicted octanol–water partition coefficient (Wildman–Crippen LogP) is 1.95. The Bertz CT molecular complexity index is 576. The zero-order valence-corrected chi connectivity index (χ0v) is 14.6. The first kappa shape index (κ1) is 18.5. The number of carbonyl (C=O) groups is 1. The second kappa shape index (κ2) is 9.48. The summed E-state index contributed by atoms with van der Waals surface area (Å²) in [5.41, 5.74) is 0.752. The third-order valence-electron chi connectivity index (χ3n) is 3.98. The molecule has 0 aromatic heterocycles. The van der Waals surface area contributed by atoms with Crippen LogP contribution in [0, 0.1) is 16.0 Å². The second-order valence-electron chi connectivity index (χ2n) is 5.75. The van der Waals surface area contributed by atoms with Crippen molar-refractivity contribution in [3.8, 4) is 5.75 Å². The highest BCUT2D eigenvalue weighted by molar-refractivity contribution is 7.99. The van der Waals surface area contributed by atoms with Crippen molar-refractivity contribution >= 4 is 23.4 Å². The van der Waals surface area contributed by atoms with Gasteiger partial charge in [-0.05, 0) is 43.5 Å². The minimum Gasteiger partial charge on any atom is -0.490 e. The lowest BCUT2D eigenvalue weighted by Gasteiger charge is -2.09. The number of thioether (sulfide) groups is 1. The largest absolute Gasteiger partial charge is 0.490 e. The van der Waals surface area contributed by atoms with Crippen LogP contribution < -0.4 is 15.4 Å². The van der Waals surface area contributed by atoms with Crippen LogP contribution in [0.3, 0.4) is 0 Å². The molecule has 2 N–H and O–H groups in total. The number of nitro benzene ring substituents is 1. The summed E-state index contributed by atoms with van der Waals surface area (Å²) in [4.78, 5) is 22.3. The Kier molecular flexibility index (Phi) is 7.33. The maximum absolute atomic E-state index is 11.8. The normalized spacial score (nSPS) is 16.8. The molecule has 2 rings (SSSR count). The third kappa shape index (κ3) is 5.68. The summed E-state index contributed by atoms with van der Waals surface area (Å²) in [5, 5.41) is 17.2. The highest BCUT2D eigenvalue weighted by Gasteiger charge is 2.16. The minimum atomic E-state index is -0.461. The van der Waals surface area contributed by atoms with Crippen LogP contribution in [0.4, 0.5) is 5.69 Å². The summed E-state index contributed by atoms with van der Waals surface area (Å²) >= 11 is 1.44. The van der Waals surface area contributed by atoms with Gasteiger partial charge >= 0.3 is 5.69 Å². The lowest BCUT2D eigenvalue weighted by molar-refractivity contribution is -0.385. The number of ether oxygens (including phenoxy) is 1. The molecule has 1 unspecified atom stereocenters. The van der Waals surface area contributed by atoms with Crippen LogP contribution in [0.1, 0.15) is 18.4 Å². The molecule has 1 amide bonds. The molecule has 0 radical (unpaired) electrons. The van der Waals surface area contributed by atoms with Gasteiger partial charge in [-0.25, -0.2) is 0 Å². The molecule has 1 aromatic carbocycles. The number of nitro groups is 1. The van der Waals surface area contributed by atoms with Crippen molar-refractivity contribution in [1.29, 1.82) is 0 Å². The Balaban J connectivity index is 1.70. The summed E-state index contributed by atoms with van der Waals surface area (Å²) in [6, 6.07) is 4.87. The predicted molar refractivity (Wildman–Crippen MR) is 94.4 cm³/mol. The molecule has 1 aliphatic heterocycles. The average Bonchev–Trinajstić information content (AvgIpc) is 3.08. The molecule has 0 aliphatic carbocycles. The molecule has 132 valence electrons. The van der Waals surface area contributed by atoms with E-state index in [-0.39, 0.29) is 17.3 Å². The van der Waals surface area contributed by atoms with E-state index < -0.39 is 4.92 Å². The molecule has 1 aromatic rings. The van der Waals surface area contributed by atoms with Gasteiger partial charge < -0.3 is 15.4 Å². The molecule has 0 bridgehead atoms. The zero-order chi connectivity index (χ0) is 17.4. The topological polar surface area (TPSA) is 93.5 Å². The van der Waals surface area contributed by atoms with Gasteiger partial charge in [-0.15, -0.1) is 11.8 Å². The van der Waals surface area contributed by atoms with Crippen molar-refractivity contribution in [3.05, 3.63) is 33.9 Å². The number of carbonyl (C=O) groups excluding carboxylic acids is 1. The van der Waals surface area contributed by atoms with Gasteiger partial charge in [0.05, 0.1) is 17.8 Å². The van der Waals surface area contributed by atoms with Crippen LogP contribution in [0.5, 0.6) is 5.75 Å². The lowest BCUT2D eigenvalue weighted by atomic mass is 10.1. The second-order valence-corrected chi connectivity index (χ2v) is 6.74. The summed E-state index contributed by atoms with van der Waals surface area (Å²) in [5.74, 6) is 1.81. The molecular weight excluding hydrogens is 330 g/mol. The highest BCUT2D eigenvalue weighted by Crippen LogP contribution is 2.28. The fourth-order valence-electron chi connectivity index (χ4n) is 2.66. The van der Waals surface area contributed by atoms with Crippen molar-refractivity contribution in [2.45, 2.75) is 18.6 Å². The van der Waals surface area contributed by atoms with Crippen LogP contribution >= 0.6 is 11.8 Å². The summed E-state index contributed by atoms with van der Waals surface area (Å²) in [6.07, 6.45) is 2.19. The van der Waals surface area contributed by atoms with Gasteiger partial charge in [-0.3, -0.25) is 14.9 Å². The monoisotopic (exact) mass is 353 g/mol. The summed E-state index contributed by atoms with van der Waals surface area (Å²) in [6.45, 7) is 2.82. The van der Waals surface area contributed by atoms with E-state index in [1.807, 2.05) is 0 Å². The Morgan fingerprint density at radius 3 is 3.04 bits per heavy atom. The van der Waals surface area contributed by atoms with Crippen LogP contribution in [-0.4, -0.2) is 43.3 Å². The van der Waals surface area contributed by atoms with Gasteiger partial charge in [-0.1, -0.05) is 6.07 Å². The van der Waals surface area contributed by atoms with Crippen LogP contribution in [0.25, 0.3) is 0 Å². The van der Waals surface area contributed by atoms with Crippen molar-refractivity contribution in [1.82, 2.24) is 10.6 Å². The smallest absolute Gasteiger partial charge is 0.311 e. The maximum Gasteiger partial charge on any atom is 0.311 e. The summed E-state index contributed by atoms with van der Waals surface area (Å²) < 4.78 is 4.97. The van der Waals surface area contributed by atoms with Crippen molar-refractivity contribution in [3.63, 3.8) is 0 Å². The number of hydrogen-bond donors (Lipinski definition) is 2. The minimum absolute atomic E-state index is 0.00830. The molecule has 0 spiro atoms. The lowest BCUT2D eigenvalue weighted by Crippen LogP contribution is -2.27. The van der Waals surface area contributed by atoms with Gasteiger partial charge in [0.1, 0.15) is 0 Å². The number of benzene rings is 1. The van der Waals surface area contributed by atoms with Crippen molar-refractivity contribution < 1.29 is 14.5 Å². The number of nitrogens with one attached hydrogen (secondary N) is 2. The Morgan fingerprint density at radius 1 is 1.54 bits per heavy atom. The highest BCUT2D eigenvalue weighted by atomic mass is 32.2. The molecule has 1 fully saturated rings. The van der Waals surface area contributed by atoms with E-state index in [9.17, 15) is 14.9 Å². The molecule has 7 nitrogen and oxygen atoms in total. The van der Waals surface area contributed by atoms with E-state index in [2.05, 4.69) is 10.6 Å². The van der Waals surface area contributed by atoms with Crippen LogP contribution in [0.15, 0.2) is 18.2 Å². The molecule has 1 aliphatic rings.